The Morgan fingerprint density at radius 2 is 1.62 bits per heavy atom. The zero-order valence-corrected chi connectivity index (χ0v) is 21.9. The minimum atomic E-state index is -1.02. The highest BCUT2D eigenvalue weighted by Crippen LogP contribution is 2.27. The van der Waals surface area contributed by atoms with Crippen molar-refractivity contribution in [2.45, 2.75) is 64.4 Å². The number of hydrogen-bond donors (Lipinski definition) is 1. The maximum Gasteiger partial charge on any atom is 0.334 e. The SMILES string of the molecule is CC1CCN(CC(COc2ccccc2CCc2ccccc2)OC(=O)C2=C(C(=O)O)CCCC2)CC1. The highest BCUT2D eigenvalue weighted by Gasteiger charge is 2.28. The van der Waals surface area contributed by atoms with Crippen molar-refractivity contribution in [3.8, 4) is 5.75 Å². The number of carbonyl (C=O) groups excluding carboxylic acids is 1. The molecular formula is C31H39NO5. The van der Waals surface area contributed by atoms with Gasteiger partial charge >= 0.3 is 11.9 Å². The van der Waals surface area contributed by atoms with Crippen molar-refractivity contribution in [3.05, 3.63) is 76.9 Å². The number of carboxylic acids is 1. The molecule has 1 atom stereocenters. The van der Waals surface area contributed by atoms with Crippen LogP contribution in [-0.4, -0.2) is 54.3 Å². The van der Waals surface area contributed by atoms with E-state index in [9.17, 15) is 14.7 Å². The van der Waals surface area contributed by atoms with Crippen molar-refractivity contribution < 1.29 is 24.2 Å². The Morgan fingerprint density at radius 1 is 0.946 bits per heavy atom. The Bertz CT molecular complexity index is 1070. The van der Waals surface area contributed by atoms with Gasteiger partial charge in [0.1, 0.15) is 18.5 Å². The third kappa shape index (κ3) is 7.93. The summed E-state index contributed by atoms with van der Waals surface area (Å²) in [4.78, 5) is 27.2. The molecular weight excluding hydrogens is 466 g/mol. The number of esters is 1. The summed E-state index contributed by atoms with van der Waals surface area (Å²) in [6.07, 6.45) is 6.00. The molecule has 1 N–H and O–H groups in total. The third-order valence-corrected chi connectivity index (χ3v) is 7.51. The first-order valence-electron chi connectivity index (χ1n) is 13.6. The molecule has 0 saturated carbocycles. The van der Waals surface area contributed by atoms with Crippen LogP contribution in [0.5, 0.6) is 5.75 Å². The summed E-state index contributed by atoms with van der Waals surface area (Å²) in [5, 5.41) is 9.59. The molecule has 0 amide bonds. The van der Waals surface area contributed by atoms with E-state index in [4.69, 9.17) is 9.47 Å². The number of aryl methyl sites for hydroxylation is 2. The molecule has 1 saturated heterocycles. The molecule has 2 aliphatic rings. The number of likely N-dealkylation sites (tertiary alicyclic amines) is 1. The molecule has 37 heavy (non-hydrogen) atoms. The largest absolute Gasteiger partial charge is 0.489 e. The van der Waals surface area contributed by atoms with Gasteiger partial charge in [-0.1, -0.05) is 55.5 Å². The topological polar surface area (TPSA) is 76.1 Å². The second-order valence-corrected chi connectivity index (χ2v) is 10.4. The lowest BCUT2D eigenvalue weighted by Gasteiger charge is -2.33. The molecule has 4 rings (SSSR count). The molecule has 198 valence electrons. The predicted octanol–water partition coefficient (Wildman–Crippen LogP) is 5.45. The molecule has 0 spiro atoms. The standard InChI is InChI=1S/C31H39NO5/c1-23-17-19-32(20-18-23)21-26(37-31(35)28-13-7-6-12-27(28)30(33)34)22-36-29-14-8-5-11-25(29)16-15-24-9-3-2-4-10-24/h2-5,8-11,14,23,26H,6-7,12-13,15-22H2,1H3,(H,33,34). The lowest BCUT2D eigenvalue weighted by atomic mass is 9.92. The Kier molecular flexibility index (Phi) is 9.78. The predicted molar refractivity (Wildman–Crippen MR) is 144 cm³/mol. The van der Waals surface area contributed by atoms with Crippen LogP contribution >= 0.6 is 0 Å². The summed E-state index contributed by atoms with van der Waals surface area (Å²) in [7, 11) is 0. The number of nitrogens with zero attached hydrogens (tertiary/aromatic N) is 1. The van der Waals surface area contributed by atoms with E-state index < -0.39 is 18.0 Å². The number of rotatable bonds is 11. The molecule has 0 radical (unpaired) electrons. The Labute approximate surface area is 220 Å². The van der Waals surface area contributed by atoms with Crippen LogP contribution in [0.4, 0.5) is 0 Å². The molecule has 6 nitrogen and oxygen atoms in total. The number of ether oxygens (including phenoxy) is 2. The zero-order chi connectivity index (χ0) is 26.0. The lowest BCUT2D eigenvalue weighted by molar-refractivity contribution is -0.148. The monoisotopic (exact) mass is 505 g/mol. The number of carboxylic acid groups (broad SMARTS) is 1. The summed E-state index contributed by atoms with van der Waals surface area (Å²) in [6.45, 7) is 5.02. The Morgan fingerprint density at radius 3 is 2.35 bits per heavy atom. The number of hydrogen-bond acceptors (Lipinski definition) is 5. The maximum atomic E-state index is 13.1. The molecule has 2 aromatic carbocycles. The van der Waals surface area contributed by atoms with E-state index in [0.717, 1.165) is 62.9 Å². The second-order valence-electron chi connectivity index (χ2n) is 10.4. The van der Waals surface area contributed by atoms with Crippen LogP contribution in [0, 0.1) is 5.92 Å². The summed E-state index contributed by atoms with van der Waals surface area (Å²) in [6, 6.07) is 18.4. The van der Waals surface area contributed by atoms with Crippen molar-refractivity contribution >= 4 is 11.9 Å². The van der Waals surface area contributed by atoms with Crippen molar-refractivity contribution in [3.63, 3.8) is 0 Å². The maximum absolute atomic E-state index is 13.1. The first-order valence-corrected chi connectivity index (χ1v) is 13.6. The molecule has 0 aromatic heterocycles. The van der Waals surface area contributed by atoms with Gasteiger partial charge in [0.2, 0.25) is 0 Å². The average Bonchev–Trinajstić information content (AvgIpc) is 2.92. The quantitative estimate of drug-likeness (QED) is 0.409. The number of piperidine rings is 1. The van der Waals surface area contributed by atoms with Gasteiger partial charge in [-0.05, 0) is 87.6 Å². The van der Waals surface area contributed by atoms with E-state index in [1.54, 1.807) is 0 Å². The first kappa shape index (κ1) is 26.9. The Balaban J connectivity index is 1.44. The van der Waals surface area contributed by atoms with Crippen LogP contribution in [0.1, 0.15) is 56.6 Å². The fraction of sp³-hybridized carbons (Fsp3) is 0.484. The average molecular weight is 506 g/mol. The van der Waals surface area contributed by atoms with Crippen molar-refractivity contribution in [1.82, 2.24) is 4.90 Å². The number of aliphatic carboxylic acids is 1. The van der Waals surface area contributed by atoms with Gasteiger partial charge < -0.3 is 14.6 Å². The van der Waals surface area contributed by atoms with E-state index in [0.29, 0.717) is 30.9 Å². The summed E-state index contributed by atoms with van der Waals surface area (Å²) < 4.78 is 12.2. The van der Waals surface area contributed by atoms with Crippen molar-refractivity contribution in [2.24, 2.45) is 5.92 Å². The third-order valence-electron chi connectivity index (χ3n) is 7.51. The molecule has 2 aromatic rings. The number of para-hydroxylation sites is 1. The fourth-order valence-electron chi connectivity index (χ4n) is 5.20. The molecule has 1 heterocycles. The highest BCUT2D eigenvalue weighted by molar-refractivity contribution is 5.99. The number of carbonyl (C=O) groups is 2. The van der Waals surface area contributed by atoms with Crippen molar-refractivity contribution in [1.29, 1.82) is 0 Å². The van der Waals surface area contributed by atoms with Crippen LogP contribution in [0.2, 0.25) is 0 Å². The second kappa shape index (κ2) is 13.4. The highest BCUT2D eigenvalue weighted by atomic mass is 16.6. The molecule has 1 aliphatic carbocycles. The van der Waals surface area contributed by atoms with E-state index >= 15 is 0 Å². The van der Waals surface area contributed by atoms with Gasteiger partial charge in [0, 0.05) is 17.7 Å². The minimum absolute atomic E-state index is 0.203. The van der Waals surface area contributed by atoms with Crippen LogP contribution < -0.4 is 4.74 Å². The molecule has 6 heteroatoms. The van der Waals surface area contributed by atoms with E-state index in [1.807, 2.05) is 24.3 Å². The minimum Gasteiger partial charge on any atom is -0.489 e. The van der Waals surface area contributed by atoms with Gasteiger partial charge in [-0.2, -0.15) is 0 Å². The van der Waals surface area contributed by atoms with E-state index in [2.05, 4.69) is 42.2 Å². The smallest absolute Gasteiger partial charge is 0.334 e. The lowest BCUT2D eigenvalue weighted by Crippen LogP contribution is -2.42. The van der Waals surface area contributed by atoms with Crippen molar-refractivity contribution in [2.75, 3.05) is 26.2 Å². The molecule has 0 bridgehead atoms. The van der Waals surface area contributed by atoms with Crippen LogP contribution in [0.3, 0.4) is 0 Å². The first-order chi connectivity index (χ1) is 18.0. The molecule has 1 fully saturated rings. The van der Waals surface area contributed by atoms with Gasteiger partial charge in [-0.3, -0.25) is 4.90 Å². The number of benzene rings is 2. The summed E-state index contributed by atoms with van der Waals surface area (Å²) in [5.74, 6) is -0.0179. The summed E-state index contributed by atoms with van der Waals surface area (Å²) >= 11 is 0. The zero-order valence-electron chi connectivity index (χ0n) is 21.9. The normalized spacial score (nSPS) is 17.9. The molecule has 1 aliphatic heterocycles. The van der Waals surface area contributed by atoms with Gasteiger partial charge in [-0.15, -0.1) is 0 Å². The van der Waals surface area contributed by atoms with Gasteiger partial charge in [-0.25, -0.2) is 9.59 Å². The van der Waals surface area contributed by atoms with E-state index in [-0.39, 0.29) is 12.2 Å². The van der Waals surface area contributed by atoms with Crippen LogP contribution in [-0.2, 0) is 27.2 Å². The van der Waals surface area contributed by atoms with Crippen LogP contribution in [0.15, 0.2) is 65.7 Å². The van der Waals surface area contributed by atoms with Gasteiger partial charge in [0.15, 0.2) is 0 Å². The van der Waals surface area contributed by atoms with E-state index in [1.165, 1.54) is 5.56 Å². The fourth-order valence-corrected chi connectivity index (χ4v) is 5.20. The van der Waals surface area contributed by atoms with Crippen LogP contribution in [0.25, 0.3) is 0 Å². The molecule has 1 unspecified atom stereocenters. The summed E-state index contributed by atoms with van der Waals surface area (Å²) in [5.41, 5.74) is 2.91. The Hall–Kier alpha value is -3.12. The van der Waals surface area contributed by atoms with Gasteiger partial charge in [0.25, 0.3) is 0 Å². The van der Waals surface area contributed by atoms with Gasteiger partial charge in [0.05, 0.1) is 0 Å².